The van der Waals surface area contributed by atoms with Gasteiger partial charge in [-0.25, -0.2) is 9.79 Å². The molecule has 1 aliphatic rings. The van der Waals surface area contributed by atoms with Crippen LogP contribution in [0.2, 0.25) is 10.0 Å². The number of halogens is 2. The van der Waals surface area contributed by atoms with Crippen molar-refractivity contribution in [1.82, 2.24) is 4.57 Å². The number of aryl methyl sites for hydroxylation is 1. The van der Waals surface area contributed by atoms with Gasteiger partial charge in [-0.3, -0.25) is 9.36 Å². The summed E-state index contributed by atoms with van der Waals surface area (Å²) in [4.78, 5) is 31.5. The molecule has 4 rings (SSSR count). The van der Waals surface area contributed by atoms with Crippen LogP contribution in [0.1, 0.15) is 36.6 Å². The Bertz CT molecular complexity index is 1420. The van der Waals surface area contributed by atoms with Crippen molar-refractivity contribution in [2.24, 2.45) is 4.99 Å². The van der Waals surface area contributed by atoms with Crippen LogP contribution in [0.15, 0.2) is 63.5 Å². The molecule has 2 heterocycles. The normalized spacial score (nSPS) is 16.0. The molecule has 0 N–H and O–H groups in total. The Morgan fingerprint density at radius 2 is 1.88 bits per heavy atom. The lowest BCUT2D eigenvalue weighted by Gasteiger charge is -2.24. The van der Waals surface area contributed by atoms with Crippen molar-refractivity contribution in [3.63, 3.8) is 0 Å². The molecule has 0 fully saturated rings. The number of aromatic nitrogens is 1. The highest BCUT2D eigenvalue weighted by molar-refractivity contribution is 7.07. The van der Waals surface area contributed by atoms with Gasteiger partial charge in [0.15, 0.2) is 4.80 Å². The number of carbonyl (C=O) groups is 1. The van der Waals surface area contributed by atoms with Gasteiger partial charge in [0, 0.05) is 0 Å². The first-order chi connectivity index (χ1) is 15.3. The minimum atomic E-state index is -0.623. The number of thiazole rings is 1. The molecule has 2 aromatic carbocycles. The van der Waals surface area contributed by atoms with Crippen LogP contribution in [0, 0.1) is 6.92 Å². The Hall–Kier alpha value is -2.67. The monoisotopic (exact) mass is 486 g/mol. The zero-order chi connectivity index (χ0) is 23.0. The van der Waals surface area contributed by atoms with Crippen molar-refractivity contribution < 1.29 is 9.53 Å². The van der Waals surface area contributed by atoms with Gasteiger partial charge in [0.05, 0.1) is 38.5 Å². The van der Waals surface area contributed by atoms with Gasteiger partial charge in [0.2, 0.25) is 0 Å². The molecule has 164 valence electrons. The maximum Gasteiger partial charge on any atom is 0.338 e. The number of carbonyl (C=O) groups excluding carboxylic acids is 1. The van der Waals surface area contributed by atoms with E-state index in [-0.39, 0.29) is 12.2 Å². The number of hydrogen-bond acceptors (Lipinski definition) is 5. The van der Waals surface area contributed by atoms with E-state index in [2.05, 4.69) is 4.99 Å². The third-order valence-corrected chi connectivity index (χ3v) is 6.87. The first-order valence-corrected chi connectivity index (χ1v) is 11.6. The smallest absolute Gasteiger partial charge is 0.338 e. The number of hydrogen-bond donors (Lipinski definition) is 0. The molecule has 1 atom stereocenters. The SMILES string of the molecule is CCOC(=O)C1=C(C)N=c2s/c(=C\c3ccc(Cl)c(Cl)c3)c(=O)n2[C@@H]1c1ccc(C)cc1. The number of esters is 1. The van der Waals surface area contributed by atoms with E-state index in [0.717, 1.165) is 16.7 Å². The molecule has 0 aliphatic carbocycles. The highest BCUT2D eigenvalue weighted by Gasteiger charge is 2.33. The lowest BCUT2D eigenvalue weighted by Crippen LogP contribution is -2.39. The molecule has 5 nitrogen and oxygen atoms in total. The topological polar surface area (TPSA) is 60.7 Å². The Kier molecular flexibility index (Phi) is 6.38. The summed E-state index contributed by atoms with van der Waals surface area (Å²) < 4.78 is 7.36. The lowest BCUT2D eigenvalue weighted by atomic mass is 9.95. The zero-order valence-corrected chi connectivity index (χ0v) is 20.0. The van der Waals surface area contributed by atoms with E-state index in [1.165, 1.54) is 11.3 Å². The molecule has 3 aromatic rings. The van der Waals surface area contributed by atoms with Crippen molar-refractivity contribution in [1.29, 1.82) is 0 Å². The van der Waals surface area contributed by atoms with E-state index in [1.54, 1.807) is 42.7 Å². The third kappa shape index (κ3) is 4.18. The second-order valence-electron chi connectivity index (χ2n) is 7.39. The fourth-order valence-corrected chi connectivity index (χ4v) is 4.96. The van der Waals surface area contributed by atoms with Gasteiger partial charge >= 0.3 is 5.97 Å². The highest BCUT2D eigenvalue weighted by atomic mass is 35.5. The number of rotatable bonds is 4. The minimum absolute atomic E-state index is 0.234. The van der Waals surface area contributed by atoms with Gasteiger partial charge in [-0.15, -0.1) is 0 Å². The maximum atomic E-state index is 13.5. The minimum Gasteiger partial charge on any atom is -0.463 e. The van der Waals surface area contributed by atoms with E-state index < -0.39 is 12.0 Å². The van der Waals surface area contributed by atoms with E-state index in [0.29, 0.717) is 30.6 Å². The fourth-order valence-electron chi connectivity index (χ4n) is 3.61. The zero-order valence-electron chi connectivity index (χ0n) is 17.7. The molecular formula is C24H20Cl2N2O3S. The second-order valence-corrected chi connectivity index (χ2v) is 9.21. The Morgan fingerprint density at radius 3 is 2.53 bits per heavy atom. The van der Waals surface area contributed by atoms with E-state index in [9.17, 15) is 9.59 Å². The van der Waals surface area contributed by atoms with Gasteiger partial charge in [-0.1, -0.05) is 70.4 Å². The summed E-state index contributed by atoms with van der Waals surface area (Å²) in [6.07, 6.45) is 1.75. The van der Waals surface area contributed by atoms with Crippen LogP contribution in [-0.2, 0) is 9.53 Å². The van der Waals surface area contributed by atoms with Gasteiger partial charge in [-0.05, 0) is 50.1 Å². The summed E-state index contributed by atoms with van der Waals surface area (Å²) in [6, 6.07) is 12.3. The van der Waals surface area contributed by atoms with Crippen molar-refractivity contribution in [2.45, 2.75) is 26.8 Å². The van der Waals surface area contributed by atoms with Crippen molar-refractivity contribution in [3.8, 4) is 0 Å². The van der Waals surface area contributed by atoms with E-state index >= 15 is 0 Å². The Morgan fingerprint density at radius 1 is 1.16 bits per heavy atom. The third-order valence-electron chi connectivity index (χ3n) is 5.15. The van der Waals surface area contributed by atoms with Crippen LogP contribution in [0.3, 0.4) is 0 Å². The molecule has 1 aliphatic heterocycles. The number of nitrogens with zero attached hydrogens (tertiary/aromatic N) is 2. The fraction of sp³-hybridized carbons (Fsp3) is 0.208. The Balaban J connectivity index is 1.95. The summed E-state index contributed by atoms with van der Waals surface area (Å²) >= 11 is 13.4. The van der Waals surface area contributed by atoms with E-state index in [1.807, 2.05) is 31.2 Å². The molecule has 0 saturated carbocycles. The Labute approximate surface area is 198 Å². The first-order valence-electron chi connectivity index (χ1n) is 10.0. The molecule has 0 unspecified atom stereocenters. The molecule has 32 heavy (non-hydrogen) atoms. The molecule has 0 spiro atoms. The summed E-state index contributed by atoms with van der Waals surface area (Å²) in [5.41, 5.74) is 3.31. The molecule has 0 amide bonds. The van der Waals surface area contributed by atoms with Crippen LogP contribution in [0.25, 0.3) is 6.08 Å². The number of ether oxygens (including phenoxy) is 1. The first kappa shape index (κ1) is 22.5. The van der Waals surface area contributed by atoms with Crippen molar-refractivity contribution in [2.75, 3.05) is 6.61 Å². The van der Waals surface area contributed by atoms with Crippen LogP contribution in [0.5, 0.6) is 0 Å². The van der Waals surface area contributed by atoms with Crippen molar-refractivity contribution in [3.05, 3.63) is 100 Å². The predicted molar refractivity (Wildman–Crippen MR) is 128 cm³/mol. The predicted octanol–water partition coefficient (Wildman–Crippen LogP) is 4.41. The summed E-state index contributed by atoms with van der Waals surface area (Å²) in [6.45, 7) is 5.74. The molecule has 1 aromatic heterocycles. The standard InChI is InChI=1S/C24H20Cl2N2O3S/c1-4-31-23(30)20-14(3)27-24-28(21(20)16-8-5-13(2)6-9-16)22(29)19(32-24)12-15-7-10-17(25)18(26)11-15/h5-12,21H,4H2,1-3H3/b19-12-/t21-/m1/s1. The van der Waals surface area contributed by atoms with Gasteiger partial charge in [0.1, 0.15) is 0 Å². The molecular weight excluding hydrogens is 467 g/mol. The quantitative estimate of drug-likeness (QED) is 0.513. The van der Waals surface area contributed by atoms with Crippen LogP contribution in [-0.4, -0.2) is 17.1 Å². The second kappa shape index (κ2) is 9.06. The van der Waals surface area contributed by atoms with Crippen LogP contribution >= 0.6 is 34.5 Å². The van der Waals surface area contributed by atoms with Crippen LogP contribution < -0.4 is 14.9 Å². The molecule has 0 radical (unpaired) electrons. The maximum absolute atomic E-state index is 13.5. The summed E-state index contributed by atoms with van der Waals surface area (Å²) in [5.74, 6) is -0.474. The van der Waals surface area contributed by atoms with Crippen LogP contribution in [0.4, 0.5) is 0 Å². The van der Waals surface area contributed by atoms with Gasteiger partial charge in [-0.2, -0.15) is 0 Å². The van der Waals surface area contributed by atoms with Crippen molar-refractivity contribution >= 4 is 46.6 Å². The molecule has 0 bridgehead atoms. The summed E-state index contributed by atoms with van der Waals surface area (Å²) in [5, 5.41) is 0.852. The number of benzene rings is 2. The summed E-state index contributed by atoms with van der Waals surface area (Å²) in [7, 11) is 0. The lowest BCUT2D eigenvalue weighted by molar-refractivity contribution is -0.139. The van der Waals surface area contributed by atoms with E-state index in [4.69, 9.17) is 27.9 Å². The molecule has 8 heteroatoms. The van der Waals surface area contributed by atoms with Gasteiger partial charge in [0.25, 0.3) is 5.56 Å². The average Bonchev–Trinajstić information content (AvgIpc) is 3.05. The number of allylic oxidation sites excluding steroid dienone is 1. The highest BCUT2D eigenvalue weighted by Crippen LogP contribution is 2.31. The number of fused-ring (bicyclic) bond motifs is 1. The molecule has 0 saturated heterocycles. The van der Waals surface area contributed by atoms with Gasteiger partial charge < -0.3 is 4.74 Å². The largest absolute Gasteiger partial charge is 0.463 e. The average molecular weight is 487 g/mol.